The van der Waals surface area contributed by atoms with Gasteiger partial charge in [0.2, 0.25) is 0 Å². The SMILES string of the molecule is O=S(=O)(Nc1nc(-c2ccc(Cl)s2)cs1)c1ccc2ccccc2c1. The fourth-order valence-corrected chi connectivity index (χ4v) is 5.47. The minimum atomic E-state index is -3.69. The van der Waals surface area contributed by atoms with Crippen LogP contribution in [0.15, 0.2) is 64.9 Å². The van der Waals surface area contributed by atoms with Crippen LogP contribution in [0.2, 0.25) is 4.34 Å². The Labute approximate surface area is 157 Å². The van der Waals surface area contributed by atoms with Crippen molar-refractivity contribution < 1.29 is 8.42 Å². The summed E-state index contributed by atoms with van der Waals surface area (Å²) in [7, 11) is -3.69. The van der Waals surface area contributed by atoms with Gasteiger partial charge in [-0.25, -0.2) is 13.4 Å². The molecule has 4 nitrogen and oxygen atoms in total. The van der Waals surface area contributed by atoms with Crippen LogP contribution in [0.25, 0.3) is 21.3 Å². The van der Waals surface area contributed by atoms with E-state index in [1.807, 2.05) is 30.3 Å². The topological polar surface area (TPSA) is 59.1 Å². The van der Waals surface area contributed by atoms with Crippen molar-refractivity contribution in [1.82, 2.24) is 4.98 Å². The van der Waals surface area contributed by atoms with Crippen LogP contribution in [-0.2, 0) is 10.0 Å². The molecule has 8 heteroatoms. The van der Waals surface area contributed by atoms with Crippen LogP contribution >= 0.6 is 34.3 Å². The second kappa shape index (κ2) is 6.42. The Morgan fingerprint density at radius 2 is 1.80 bits per heavy atom. The van der Waals surface area contributed by atoms with Gasteiger partial charge in [-0.05, 0) is 35.0 Å². The van der Waals surface area contributed by atoms with Gasteiger partial charge in [-0.1, -0.05) is 41.9 Å². The van der Waals surface area contributed by atoms with Crippen molar-refractivity contribution in [2.75, 3.05) is 4.72 Å². The van der Waals surface area contributed by atoms with Gasteiger partial charge in [0.05, 0.1) is 19.8 Å². The number of rotatable bonds is 4. The third kappa shape index (κ3) is 3.41. The highest BCUT2D eigenvalue weighted by atomic mass is 35.5. The summed E-state index contributed by atoms with van der Waals surface area (Å²) in [6.45, 7) is 0. The second-order valence-electron chi connectivity index (χ2n) is 5.26. The Morgan fingerprint density at radius 1 is 1.00 bits per heavy atom. The zero-order valence-corrected chi connectivity index (χ0v) is 15.8. The summed E-state index contributed by atoms with van der Waals surface area (Å²) in [5.41, 5.74) is 0.707. The fourth-order valence-electron chi connectivity index (χ4n) is 2.39. The predicted octanol–water partition coefficient (Wildman–Crippen LogP) is 5.48. The number of hydrogen-bond acceptors (Lipinski definition) is 5. The lowest BCUT2D eigenvalue weighted by Crippen LogP contribution is -2.12. The molecule has 0 saturated carbocycles. The van der Waals surface area contributed by atoms with E-state index in [0.717, 1.165) is 15.6 Å². The third-order valence-electron chi connectivity index (χ3n) is 3.58. The van der Waals surface area contributed by atoms with E-state index in [9.17, 15) is 8.42 Å². The molecule has 0 fully saturated rings. The van der Waals surface area contributed by atoms with Crippen LogP contribution in [0.4, 0.5) is 5.13 Å². The number of fused-ring (bicyclic) bond motifs is 1. The van der Waals surface area contributed by atoms with Gasteiger partial charge in [0.25, 0.3) is 10.0 Å². The van der Waals surface area contributed by atoms with Crippen molar-refractivity contribution in [3.63, 3.8) is 0 Å². The van der Waals surface area contributed by atoms with Crippen LogP contribution in [0.3, 0.4) is 0 Å². The number of thiazole rings is 1. The van der Waals surface area contributed by atoms with Crippen LogP contribution in [0.1, 0.15) is 0 Å². The smallest absolute Gasteiger partial charge is 0.255 e. The molecule has 0 aliphatic rings. The number of nitrogens with one attached hydrogen (secondary N) is 1. The average molecular weight is 407 g/mol. The first kappa shape index (κ1) is 16.5. The first-order valence-electron chi connectivity index (χ1n) is 7.24. The quantitative estimate of drug-likeness (QED) is 0.488. The van der Waals surface area contributed by atoms with Gasteiger partial charge < -0.3 is 0 Å². The van der Waals surface area contributed by atoms with Gasteiger partial charge in [0.15, 0.2) is 5.13 Å². The highest BCUT2D eigenvalue weighted by molar-refractivity contribution is 7.93. The van der Waals surface area contributed by atoms with E-state index in [1.165, 1.54) is 22.7 Å². The standard InChI is InChI=1S/C17H11ClN2O2S3/c18-16-8-7-15(24-16)14-10-23-17(19-14)20-25(21,22)13-6-5-11-3-1-2-4-12(11)9-13/h1-10H,(H,19,20). The number of hydrogen-bond donors (Lipinski definition) is 1. The van der Waals surface area contributed by atoms with Gasteiger partial charge in [0, 0.05) is 5.38 Å². The molecule has 2 aromatic heterocycles. The Hall–Kier alpha value is -1.93. The molecule has 0 saturated heterocycles. The van der Waals surface area contributed by atoms with E-state index in [-0.39, 0.29) is 4.90 Å². The average Bonchev–Trinajstić information content (AvgIpc) is 3.23. The van der Waals surface area contributed by atoms with E-state index < -0.39 is 10.0 Å². The Kier molecular flexibility index (Phi) is 4.24. The summed E-state index contributed by atoms with van der Waals surface area (Å²) in [5.74, 6) is 0. The summed E-state index contributed by atoms with van der Waals surface area (Å²) < 4.78 is 28.5. The highest BCUT2D eigenvalue weighted by Gasteiger charge is 2.17. The fraction of sp³-hybridized carbons (Fsp3) is 0. The monoisotopic (exact) mass is 406 g/mol. The van der Waals surface area contributed by atoms with E-state index >= 15 is 0 Å². The van der Waals surface area contributed by atoms with Gasteiger partial charge in [0.1, 0.15) is 0 Å². The molecule has 2 heterocycles. The molecule has 4 aromatic rings. The van der Waals surface area contributed by atoms with Crippen molar-refractivity contribution in [2.45, 2.75) is 4.90 Å². The molecule has 4 rings (SSSR count). The molecule has 0 atom stereocenters. The maximum absolute atomic E-state index is 12.6. The Bertz CT molecular complexity index is 1170. The summed E-state index contributed by atoms with van der Waals surface area (Å²) in [5, 5.41) is 4.00. The number of sulfonamides is 1. The Morgan fingerprint density at radius 3 is 2.56 bits per heavy atom. The molecule has 0 amide bonds. The largest absolute Gasteiger partial charge is 0.263 e. The van der Waals surface area contributed by atoms with E-state index in [4.69, 9.17) is 11.6 Å². The highest BCUT2D eigenvalue weighted by Crippen LogP contribution is 2.33. The van der Waals surface area contributed by atoms with Gasteiger partial charge in [-0.15, -0.1) is 22.7 Å². The maximum Gasteiger partial charge on any atom is 0.263 e. The lowest BCUT2D eigenvalue weighted by molar-refractivity contribution is 0.601. The number of aromatic nitrogens is 1. The van der Waals surface area contributed by atoms with Gasteiger partial charge >= 0.3 is 0 Å². The zero-order chi connectivity index (χ0) is 17.4. The Balaban J connectivity index is 1.63. The summed E-state index contributed by atoms with van der Waals surface area (Å²) in [6, 6.07) is 16.3. The third-order valence-corrected chi connectivity index (χ3v) is 7.06. The van der Waals surface area contributed by atoms with Crippen LogP contribution in [0, 0.1) is 0 Å². The zero-order valence-electron chi connectivity index (χ0n) is 12.6. The molecule has 126 valence electrons. The lowest BCUT2D eigenvalue weighted by Gasteiger charge is -2.06. The molecular formula is C17H11ClN2O2S3. The van der Waals surface area contributed by atoms with Gasteiger partial charge in [-0.3, -0.25) is 4.72 Å². The van der Waals surface area contributed by atoms with Crippen LogP contribution in [-0.4, -0.2) is 13.4 Å². The number of benzene rings is 2. The van der Waals surface area contributed by atoms with Crippen molar-refractivity contribution >= 4 is 60.2 Å². The van der Waals surface area contributed by atoms with E-state index in [2.05, 4.69) is 9.71 Å². The number of anilines is 1. The lowest BCUT2D eigenvalue weighted by atomic mass is 10.1. The number of halogens is 1. The van der Waals surface area contributed by atoms with Crippen molar-refractivity contribution in [2.24, 2.45) is 0 Å². The molecule has 0 bridgehead atoms. The first-order valence-corrected chi connectivity index (χ1v) is 10.8. The van der Waals surface area contributed by atoms with E-state index in [1.54, 1.807) is 29.6 Å². The van der Waals surface area contributed by atoms with Crippen molar-refractivity contribution in [3.8, 4) is 10.6 Å². The van der Waals surface area contributed by atoms with E-state index in [0.29, 0.717) is 15.2 Å². The molecule has 0 aliphatic heterocycles. The van der Waals surface area contributed by atoms with Crippen LogP contribution < -0.4 is 4.72 Å². The van der Waals surface area contributed by atoms with Crippen LogP contribution in [0.5, 0.6) is 0 Å². The molecular weight excluding hydrogens is 396 g/mol. The second-order valence-corrected chi connectivity index (χ2v) is 9.51. The normalized spacial score (nSPS) is 11.7. The predicted molar refractivity (Wildman–Crippen MR) is 105 cm³/mol. The molecule has 0 spiro atoms. The molecule has 0 aliphatic carbocycles. The molecule has 1 N–H and O–H groups in total. The maximum atomic E-state index is 12.6. The van der Waals surface area contributed by atoms with Gasteiger partial charge in [-0.2, -0.15) is 0 Å². The minimum Gasteiger partial charge on any atom is -0.255 e. The summed E-state index contributed by atoms with van der Waals surface area (Å²) in [6.07, 6.45) is 0. The molecule has 0 unspecified atom stereocenters. The molecule has 2 aromatic carbocycles. The van der Waals surface area contributed by atoms with Crippen molar-refractivity contribution in [1.29, 1.82) is 0 Å². The molecule has 0 radical (unpaired) electrons. The summed E-state index contributed by atoms with van der Waals surface area (Å²) in [4.78, 5) is 5.46. The van der Waals surface area contributed by atoms with Crippen molar-refractivity contribution in [3.05, 3.63) is 64.3 Å². The minimum absolute atomic E-state index is 0.210. The number of nitrogens with zero attached hydrogens (tertiary/aromatic N) is 1. The number of thiophene rings is 1. The summed E-state index contributed by atoms with van der Waals surface area (Å²) >= 11 is 8.58. The first-order chi connectivity index (χ1) is 12.0. The molecule has 25 heavy (non-hydrogen) atoms.